The molecule has 3 heterocycles. The molecule has 1 saturated heterocycles. The van der Waals surface area contributed by atoms with Crippen LogP contribution in [0.1, 0.15) is 5.56 Å². The van der Waals surface area contributed by atoms with Crippen LogP contribution in [0.25, 0.3) is 10.9 Å². The number of anilines is 1. The third-order valence-electron chi connectivity index (χ3n) is 5.63. The first-order chi connectivity index (χ1) is 16.2. The first-order valence-electron chi connectivity index (χ1n) is 10.5. The summed E-state index contributed by atoms with van der Waals surface area (Å²) in [5.74, 6) is -0.0193. The standard InChI is InChI=1S/C25H19N5OS2/c1-29-20-9-5-6-10-21(20)32-24(29)22-23(31)30(15-16-7-3-2-4-8-16)25(33-22)27-18-11-12-19-17(13-18)14-26-28-19/h2-14H,15H2,1H3,(H,26,28)/b24-22-,27-25-. The minimum Gasteiger partial charge on any atom is -0.337 e. The average molecular weight is 470 g/mol. The molecule has 6 nitrogen and oxygen atoms in total. The molecule has 1 fully saturated rings. The maximum Gasteiger partial charge on any atom is 0.269 e. The van der Waals surface area contributed by atoms with Crippen LogP contribution in [0.5, 0.6) is 0 Å². The number of benzene rings is 3. The second-order valence-electron chi connectivity index (χ2n) is 7.78. The monoisotopic (exact) mass is 469 g/mol. The first kappa shape index (κ1) is 20.1. The molecule has 0 spiro atoms. The van der Waals surface area contributed by atoms with Crippen molar-refractivity contribution in [3.63, 3.8) is 0 Å². The van der Waals surface area contributed by atoms with E-state index in [0.717, 1.165) is 37.8 Å². The number of amides is 1. The van der Waals surface area contributed by atoms with E-state index in [2.05, 4.69) is 27.2 Å². The molecule has 0 bridgehead atoms. The molecule has 2 aliphatic rings. The van der Waals surface area contributed by atoms with Crippen LogP contribution in [0.15, 0.2) is 98.8 Å². The van der Waals surface area contributed by atoms with Crippen LogP contribution in [-0.2, 0) is 11.3 Å². The molecule has 8 heteroatoms. The number of carbonyl (C=O) groups excluding carboxylic acids is 1. The van der Waals surface area contributed by atoms with Crippen molar-refractivity contribution in [2.45, 2.75) is 11.4 Å². The molecule has 2 aliphatic heterocycles. The highest BCUT2D eigenvalue weighted by Gasteiger charge is 2.39. The zero-order valence-corrected chi connectivity index (χ0v) is 19.4. The highest BCUT2D eigenvalue weighted by molar-refractivity contribution is 8.19. The van der Waals surface area contributed by atoms with Gasteiger partial charge in [-0.1, -0.05) is 54.2 Å². The number of aromatic nitrogens is 2. The summed E-state index contributed by atoms with van der Waals surface area (Å²) in [6, 6.07) is 24.1. The second kappa shape index (κ2) is 8.13. The number of rotatable bonds is 3. The fourth-order valence-corrected chi connectivity index (χ4v) is 6.28. The van der Waals surface area contributed by atoms with Crippen molar-refractivity contribution in [2.24, 2.45) is 4.99 Å². The maximum atomic E-state index is 13.7. The summed E-state index contributed by atoms with van der Waals surface area (Å²) in [5, 5.41) is 9.66. The van der Waals surface area contributed by atoms with Gasteiger partial charge < -0.3 is 4.90 Å². The van der Waals surface area contributed by atoms with Gasteiger partial charge in [-0.05, 0) is 47.7 Å². The van der Waals surface area contributed by atoms with Gasteiger partial charge in [0.2, 0.25) is 0 Å². The van der Waals surface area contributed by atoms with Crippen molar-refractivity contribution in [2.75, 3.05) is 11.9 Å². The van der Waals surface area contributed by atoms with Crippen molar-refractivity contribution in [3.05, 3.63) is 94.5 Å². The number of aromatic amines is 1. The number of para-hydroxylation sites is 1. The maximum absolute atomic E-state index is 13.7. The summed E-state index contributed by atoms with van der Waals surface area (Å²) in [4.78, 5) is 24.3. The number of fused-ring (bicyclic) bond motifs is 2. The van der Waals surface area contributed by atoms with Crippen LogP contribution in [0.3, 0.4) is 0 Å². The Morgan fingerprint density at radius 3 is 2.67 bits per heavy atom. The van der Waals surface area contributed by atoms with E-state index >= 15 is 0 Å². The van der Waals surface area contributed by atoms with Crippen LogP contribution < -0.4 is 4.90 Å². The van der Waals surface area contributed by atoms with E-state index < -0.39 is 0 Å². The van der Waals surface area contributed by atoms with Gasteiger partial charge in [-0.2, -0.15) is 5.10 Å². The molecule has 6 rings (SSSR count). The number of nitrogens with one attached hydrogen (secondary N) is 1. The SMILES string of the molecule is CN1/C(=C2/S/C(=N\c3ccc4[nH]ncc4c3)N(Cc3ccccc3)C2=O)Sc2ccccc21. The molecule has 4 aromatic rings. The van der Waals surface area contributed by atoms with Gasteiger partial charge in [-0.25, -0.2) is 4.99 Å². The Kier molecular flexibility index (Phi) is 4.96. The van der Waals surface area contributed by atoms with Gasteiger partial charge in [-0.15, -0.1) is 0 Å². The Bertz CT molecular complexity index is 1440. The largest absolute Gasteiger partial charge is 0.337 e. The topological polar surface area (TPSA) is 64.6 Å². The third kappa shape index (κ3) is 3.61. The van der Waals surface area contributed by atoms with E-state index in [1.54, 1.807) is 22.9 Å². The van der Waals surface area contributed by atoms with Crippen LogP contribution in [0, 0.1) is 0 Å². The minimum absolute atomic E-state index is 0.0193. The predicted octanol–water partition coefficient (Wildman–Crippen LogP) is 5.74. The van der Waals surface area contributed by atoms with Gasteiger partial charge in [0.15, 0.2) is 5.17 Å². The molecule has 1 amide bonds. The summed E-state index contributed by atoms with van der Waals surface area (Å²) in [6.45, 7) is 0.470. The van der Waals surface area contributed by atoms with Crippen LogP contribution in [-0.4, -0.2) is 33.2 Å². The van der Waals surface area contributed by atoms with Gasteiger partial charge >= 0.3 is 0 Å². The van der Waals surface area contributed by atoms with Crippen molar-refractivity contribution < 1.29 is 4.79 Å². The molecular formula is C25H19N5OS2. The quantitative estimate of drug-likeness (QED) is 0.388. The minimum atomic E-state index is -0.0193. The van der Waals surface area contributed by atoms with Gasteiger partial charge in [-0.3, -0.25) is 14.8 Å². The molecular weight excluding hydrogens is 450 g/mol. The number of carbonyl (C=O) groups is 1. The summed E-state index contributed by atoms with van der Waals surface area (Å²) in [7, 11) is 2.01. The Labute approximate surface area is 199 Å². The lowest BCUT2D eigenvalue weighted by atomic mass is 10.2. The molecule has 0 saturated carbocycles. The highest BCUT2D eigenvalue weighted by atomic mass is 32.2. The molecule has 0 aliphatic carbocycles. The van der Waals surface area contributed by atoms with Crippen molar-refractivity contribution in [1.29, 1.82) is 0 Å². The summed E-state index contributed by atoms with van der Waals surface area (Å²) < 4.78 is 0. The Morgan fingerprint density at radius 1 is 1.00 bits per heavy atom. The fourth-order valence-electron chi connectivity index (χ4n) is 3.93. The molecule has 1 aromatic heterocycles. The lowest BCUT2D eigenvalue weighted by molar-refractivity contribution is -0.122. The molecule has 0 atom stereocenters. The van der Waals surface area contributed by atoms with Gasteiger partial charge in [0, 0.05) is 17.3 Å². The molecule has 3 aromatic carbocycles. The number of hydrogen-bond acceptors (Lipinski definition) is 6. The molecule has 0 unspecified atom stereocenters. The number of thioether (sulfide) groups is 2. The first-order valence-corrected chi connectivity index (χ1v) is 12.1. The molecule has 1 N–H and O–H groups in total. The predicted molar refractivity (Wildman–Crippen MR) is 135 cm³/mol. The molecule has 33 heavy (non-hydrogen) atoms. The fraction of sp³-hybridized carbons (Fsp3) is 0.0800. The van der Waals surface area contributed by atoms with Crippen LogP contribution in [0.2, 0.25) is 0 Å². The lowest BCUT2D eigenvalue weighted by Gasteiger charge is -2.16. The zero-order valence-electron chi connectivity index (χ0n) is 17.7. The van der Waals surface area contributed by atoms with E-state index in [1.807, 2.05) is 67.7 Å². The number of amidine groups is 1. The summed E-state index contributed by atoms with van der Waals surface area (Å²) >= 11 is 3.07. The Balaban J connectivity index is 1.42. The molecule has 162 valence electrons. The van der Waals surface area contributed by atoms with Gasteiger partial charge in [0.1, 0.15) is 4.91 Å². The average Bonchev–Trinajstić information content (AvgIpc) is 3.52. The third-order valence-corrected chi connectivity index (χ3v) is 8.06. The number of nitrogens with zero attached hydrogens (tertiary/aromatic N) is 4. The zero-order chi connectivity index (χ0) is 22.4. The van der Waals surface area contributed by atoms with Crippen LogP contribution in [0.4, 0.5) is 11.4 Å². The van der Waals surface area contributed by atoms with Gasteiger partial charge in [0.25, 0.3) is 5.91 Å². The smallest absolute Gasteiger partial charge is 0.269 e. The second-order valence-corrected chi connectivity index (χ2v) is 9.79. The Hall–Kier alpha value is -3.49. The van der Waals surface area contributed by atoms with E-state index in [-0.39, 0.29) is 5.91 Å². The number of H-pyrrole nitrogens is 1. The van der Waals surface area contributed by atoms with E-state index in [4.69, 9.17) is 4.99 Å². The van der Waals surface area contributed by atoms with Crippen LogP contribution >= 0.6 is 23.5 Å². The lowest BCUT2D eigenvalue weighted by Crippen LogP contribution is -2.29. The number of hydrogen-bond donors (Lipinski definition) is 1. The van der Waals surface area contributed by atoms with Gasteiger partial charge in [0.05, 0.1) is 34.7 Å². The number of aliphatic imine (C=N–C) groups is 1. The Morgan fingerprint density at radius 2 is 1.82 bits per heavy atom. The summed E-state index contributed by atoms with van der Waals surface area (Å²) in [6.07, 6.45) is 1.78. The van der Waals surface area contributed by atoms with Crippen molar-refractivity contribution >= 4 is 56.9 Å². The highest BCUT2D eigenvalue weighted by Crippen LogP contribution is 2.50. The van der Waals surface area contributed by atoms with Crippen molar-refractivity contribution in [3.8, 4) is 0 Å². The molecule has 0 radical (unpaired) electrons. The summed E-state index contributed by atoms with van der Waals surface area (Å²) in [5.41, 5.74) is 3.93. The van der Waals surface area contributed by atoms with E-state index in [0.29, 0.717) is 16.6 Å². The van der Waals surface area contributed by atoms with E-state index in [9.17, 15) is 4.79 Å². The van der Waals surface area contributed by atoms with E-state index in [1.165, 1.54) is 11.8 Å². The normalized spacial score (nSPS) is 19.2. The van der Waals surface area contributed by atoms with Crippen molar-refractivity contribution in [1.82, 2.24) is 15.1 Å².